The van der Waals surface area contributed by atoms with Crippen LogP contribution in [0.2, 0.25) is 0 Å². The van der Waals surface area contributed by atoms with Gasteiger partial charge in [-0.05, 0) is 63.9 Å². The van der Waals surface area contributed by atoms with E-state index in [1.807, 2.05) is 19.9 Å². The summed E-state index contributed by atoms with van der Waals surface area (Å²) in [6, 6.07) is 8.22. The van der Waals surface area contributed by atoms with Crippen molar-refractivity contribution in [1.29, 1.82) is 0 Å². The number of hydrogen-bond acceptors (Lipinski definition) is 4. The molecule has 0 spiro atoms. The number of benzene rings is 1. The number of carbonyl (C=O) groups is 1. The molecule has 1 amide bonds. The van der Waals surface area contributed by atoms with Crippen molar-refractivity contribution in [2.45, 2.75) is 50.6 Å². The second-order valence-corrected chi connectivity index (χ2v) is 9.06. The molecule has 1 aromatic heterocycles. The molecule has 0 bridgehead atoms. The first kappa shape index (κ1) is 20.6. The zero-order valence-electron chi connectivity index (χ0n) is 16.7. The highest BCUT2D eigenvalue weighted by Crippen LogP contribution is 2.38. The Hall–Kier alpha value is -2.16. The van der Waals surface area contributed by atoms with Crippen molar-refractivity contribution in [2.24, 2.45) is 0 Å². The van der Waals surface area contributed by atoms with Gasteiger partial charge in [-0.3, -0.25) is 4.79 Å². The summed E-state index contributed by atoms with van der Waals surface area (Å²) in [5.41, 5.74) is 3.25. The Kier molecular flexibility index (Phi) is 5.92. The SMILES string of the molecule is COCC(C)NS(=O)(=O)c1ccc(NC(=O)c2cc(C)n(C3CC3)c2C)cc1. The van der Waals surface area contributed by atoms with Gasteiger partial charge < -0.3 is 14.6 Å². The first-order chi connectivity index (χ1) is 13.2. The molecule has 3 rings (SSSR count). The second kappa shape index (κ2) is 8.06. The first-order valence-electron chi connectivity index (χ1n) is 9.34. The Labute approximate surface area is 166 Å². The lowest BCUT2D eigenvalue weighted by Gasteiger charge is -2.13. The summed E-state index contributed by atoms with van der Waals surface area (Å²) in [4.78, 5) is 12.8. The van der Waals surface area contributed by atoms with Crippen LogP contribution in [-0.4, -0.2) is 38.7 Å². The molecule has 1 aromatic carbocycles. The number of methoxy groups -OCH3 is 1. The molecule has 0 radical (unpaired) electrons. The van der Waals surface area contributed by atoms with Gasteiger partial charge in [0.15, 0.2) is 0 Å². The highest BCUT2D eigenvalue weighted by atomic mass is 32.2. The Bertz CT molecular complexity index is 960. The summed E-state index contributed by atoms with van der Waals surface area (Å²) in [5.74, 6) is -0.192. The minimum Gasteiger partial charge on any atom is -0.383 e. The van der Waals surface area contributed by atoms with Crippen molar-refractivity contribution in [3.63, 3.8) is 0 Å². The maximum Gasteiger partial charge on any atom is 0.257 e. The number of hydrogen-bond donors (Lipinski definition) is 2. The van der Waals surface area contributed by atoms with Crippen molar-refractivity contribution >= 4 is 21.6 Å². The van der Waals surface area contributed by atoms with Crippen molar-refractivity contribution in [3.05, 3.63) is 47.3 Å². The van der Waals surface area contributed by atoms with Crippen molar-refractivity contribution in [1.82, 2.24) is 9.29 Å². The van der Waals surface area contributed by atoms with Crippen LogP contribution in [0.4, 0.5) is 5.69 Å². The van der Waals surface area contributed by atoms with E-state index in [-0.39, 0.29) is 23.5 Å². The number of amides is 1. The number of nitrogens with one attached hydrogen (secondary N) is 2. The van der Waals surface area contributed by atoms with Crippen molar-refractivity contribution in [3.8, 4) is 0 Å². The largest absolute Gasteiger partial charge is 0.383 e. The zero-order valence-corrected chi connectivity index (χ0v) is 17.5. The summed E-state index contributed by atoms with van der Waals surface area (Å²) < 4.78 is 34.5. The molecular weight excluding hydrogens is 378 g/mol. The summed E-state index contributed by atoms with van der Waals surface area (Å²) >= 11 is 0. The fraction of sp³-hybridized carbons (Fsp3) is 0.450. The van der Waals surface area contributed by atoms with Crippen LogP contribution in [0.25, 0.3) is 0 Å². The fourth-order valence-corrected chi connectivity index (χ4v) is 4.66. The molecular formula is C20H27N3O4S. The number of aromatic nitrogens is 1. The molecule has 2 aromatic rings. The molecule has 0 aliphatic heterocycles. The lowest BCUT2D eigenvalue weighted by molar-refractivity contribution is 0.102. The van der Waals surface area contributed by atoms with Gasteiger partial charge in [0.1, 0.15) is 0 Å². The van der Waals surface area contributed by atoms with E-state index in [0.29, 0.717) is 17.3 Å². The standard InChI is InChI=1S/C20H27N3O4S/c1-13(12-27-4)22-28(25,26)18-9-5-16(6-10-18)21-20(24)19-11-14(2)23(15(19)3)17-7-8-17/h5-6,9-11,13,17,22H,7-8,12H2,1-4H3,(H,21,24). The lowest BCUT2D eigenvalue weighted by atomic mass is 10.2. The quantitative estimate of drug-likeness (QED) is 0.706. The van der Waals surface area contributed by atoms with E-state index < -0.39 is 10.0 Å². The summed E-state index contributed by atoms with van der Waals surface area (Å²) in [6.45, 7) is 5.99. The van der Waals surface area contributed by atoms with E-state index in [2.05, 4.69) is 14.6 Å². The van der Waals surface area contributed by atoms with Gasteiger partial charge >= 0.3 is 0 Å². The van der Waals surface area contributed by atoms with E-state index in [0.717, 1.165) is 24.2 Å². The molecule has 1 saturated carbocycles. The minimum absolute atomic E-state index is 0.139. The molecule has 1 aliphatic rings. The van der Waals surface area contributed by atoms with E-state index in [1.54, 1.807) is 19.1 Å². The maximum absolute atomic E-state index is 12.7. The number of anilines is 1. The lowest BCUT2D eigenvalue weighted by Crippen LogP contribution is -2.35. The summed E-state index contributed by atoms with van der Waals surface area (Å²) in [6.07, 6.45) is 2.31. The van der Waals surface area contributed by atoms with Gasteiger partial charge in [-0.25, -0.2) is 13.1 Å². The van der Waals surface area contributed by atoms with Gasteiger partial charge in [0.2, 0.25) is 10.0 Å². The molecule has 8 heteroatoms. The van der Waals surface area contributed by atoms with Crippen LogP contribution >= 0.6 is 0 Å². The number of sulfonamides is 1. The Morgan fingerprint density at radius 2 is 1.89 bits per heavy atom. The molecule has 0 saturated heterocycles. The monoisotopic (exact) mass is 405 g/mol. The number of aryl methyl sites for hydroxylation is 1. The number of ether oxygens (including phenoxy) is 1. The topological polar surface area (TPSA) is 89.4 Å². The van der Waals surface area contributed by atoms with E-state index in [4.69, 9.17) is 4.74 Å². The van der Waals surface area contributed by atoms with Gasteiger partial charge in [-0.2, -0.15) is 0 Å². The number of nitrogens with zero attached hydrogens (tertiary/aromatic N) is 1. The fourth-order valence-electron chi connectivity index (χ4n) is 3.43. The predicted molar refractivity (Wildman–Crippen MR) is 108 cm³/mol. The van der Waals surface area contributed by atoms with Crippen LogP contribution in [-0.2, 0) is 14.8 Å². The predicted octanol–water partition coefficient (Wildman–Crippen LogP) is 3.01. The van der Waals surface area contributed by atoms with Gasteiger partial charge in [-0.15, -0.1) is 0 Å². The molecule has 1 unspecified atom stereocenters. The number of rotatable bonds is 8. The average Bonchev–Trinajstić information content (AvgIpc) is 3.40. The minimum atomic E-state index is -3.64. The second-order valence-electron chi connectivity index (χ2n) is 7.34. The first-order valence-corrected chi connectivity index (χ1v) is 10.8. The normalized spacial score (nSPS) is 15.4. The van der Waals surface area contributed by atoms with E-state index in [1.165, 1.54) is 19.2 Å². The van der Waals surface area contributed by atoms with Crippen LogP contribution in [0.3, 0.4) is 0 Å². The van der Waals surface area contributed by atoms with Crippen LogP contribution < -0.4 is 10.0 Å². The third-order valence-corrected chi connectivity index (χ3v) is 6.44. The molecule has 1 fully saturated rings. The third-order valence-electron chi connectivity index (χ3n) is 4.84. The molecule has 1 atom stereocenters. The van der Waals surface area contributed by atoms with Crippen LogP contribution in [0.1, 0.15) is 47.6 Å². The Balaban J connectivity index is 1.71. The maximum atomic E-state index is 12.7. The summed E-state index contributed by atoms with van der Waals surface area (Å²) in [7, 11) is -2.12. The highest BCUT2D eigenvalue weighted by molar-refractivity contribution is 7.89. The van der Waals surface area contributed by atoms with Gasteiger partial charge in [0.25, 0.3) is 5.91 Å². The van der Waals surface area contributed by atoms with Crippen molar-refractivity contribution < 1.29 is 17.9 Å². The molecule has 28 heavy (non-hydrogen) atoms. The molecule has 1 aliphatic carbocycles. The number of carbonyl (C=O) groups excluding carboxylic acids is 1. The van der Waals surface area contributed by atoms with Gasteiger partial charge in [0.05, 0.1) is 17.1 Å². The zero-order chi connectivity index (χ0) is 20.5. The van der Waals surface area contributed by atoms with E-state index >= 15 is 0 Å². The van der Waals surface area contributed by atoms with Crippen LogP contribution in [0.5, 0.6) is 0 Å². The van der Waals surface area contributed by atoms with Crippen molar-refractivity contribution in [2.75, 3.05) is 19.0 Å². The molecule has 1 heterocycles. The molecule has 152 valence electrons. The molecule has 2 N–H and O–H groups in total. The van der Waals surface area contributed by atoms with E-state index in [9.17, 15) is 13.2 Å². The van der Waals surface area contributed by atoms with Crippen LogP contribution in [0.15, 0.2) is 35.2 Å². The average molecular weight is 406 g/mol. The van der Waals surface area contributed by atoms with Gasteiger partial charge in [0, 0.05) is 36.3 Å². The highest BCUT2D eigenvalue weighted by Gasteiger charge is 2.28. The Morgan fingerprint density at radius 3 is 2.46 bits per heavy atom. The smallest absolute Gasteiger partial charge is 0.257 e. The van der Waals surface area contributed by atoms with Gasteiger partial charge in [-0.1, -0.05) is 0 Å². The molecule has 7 nitrogen and oxygen atoms in total. The summed E-state index contributed by atoms with van der Waals surface area (Å²) in [5, 5.41) is 2.85. The third kappa shape index (κ3) is 4.45. The van der Waals surface area contributed by atoms with Crippen LogP contribution in [0, 0.1) is 13.8 Å². The Morgan fingerprint density at radius 1 is 1.25 bits per heavy atom.